The highest BCUT2D eigenvalue weighted by Gasteiger charge is 2.14. The summed E-state index contributed by atoms with van der Waals surface area (Å²) in [6.07, 6.45) is 28.1. The molecule has 0 aliphatic heterocycles. The lowest BCUT2D eigenvalue weighted by atomic mass is 10.0. The predicted octanol–water partition coefficient (Wildman–Crippen LogP) is 9.39. The van der Waals surface area contributed by atoms with E-state index in [1.54, 1.807) is 0 Å². The van der Waals surface area contributed by atoms with Crippen molar-refractivity contribution in [3.8, 4) is 0 Å². The van der Waals surface area contributed by atoms with Gasteiger partial charge in [0.2, 0.25) is 0 Å². The van der Waals surface area contributed by atoms with Crippen LogP contribution in [0.1, 0.15) is 110 Å². The first-order valence-corrected chi connectivity index (χ1v) is 14.4. The predicted molar refractivity (Wildman–Crippen MR) is 150 cm³/mol. The van der Waals surface area contributed by atoms with Gasteiger partial charge >= 0.3 is 0 Å². The second-order valence-corrected chi connectivity index (χ2v) is 10.2. The van der Waals surface area contributed by atoms with E-state index in [1.807, 2.05) is 30.9 Å². The molecule has 0 bridgehead atoms. The fourth-order valence-electron chi connectivity index (χ4n) is 5.43. The van der Waals surface area contributed by atoms with Crippen LogP contribution >= 0.6 is 0 Å². The summed E-state index contributed by atoms with van der Waals surface area (Å²) in [5, 5.41) is 2.25. The van der Waals surface area contributed by atoms with Gasteiger partial charge in [-0.2, -0.15) is 0 Å². The number of benzene rings is 1. The summed E-state index contributed by atoms with van der Waals surface area (Å²) in [4.78, 5) is 14.0. The maximum Gasteiger partial charge on any atom is 0.0987 e. The topological polar surface area (TPSA) is 43.6 Å². The molecule has 3 heterocycles. The van der Waals surface area contributed by atoms with E-state index in [1.165, 1.54) is 108 Å². The van der Waals surface area contributed by atoms with Crippen LogP contribution in [0.5, 0.6) is 0 Å². The van der Waals surface area contributed by atoms with Crippen molar-refractivity contribution in [2.45, 2.75) is 116 Å². The van der Waals surface area contributed by atoms with Crippen LogP contribution in [0, 0.1) is 0 Å². The third-order valence-corrected chi connectivity index (χ3v) is 7.44. The molecule has 0 atom stereocenters. The quantitative estimate of drug-likeness (QED) is 0.113. The smallest absolute Gasteiger partial charge is 0.0987 e. The van der Waals surface area contributed by atoms with Gasteiger partial charge in [-0.15, -0.1) is 0 Å². The van der Waals surface area contributed by atoms with Crippen molar-refractivity contribution in [2.75, 3.05) is 0 Å². The number of rotatable bonds is 17. The van der Waals surface area contributed by atoms with Crippen molar-refractivity contribution in [3.63, 3.8) is 0 Å². The molecule has 0 amide bonds. The third-order valence-electron chi connectivity index (χ3n) is 7.44. The third kappa shape index (κ3) is 7.02. The van der Waals surface area contributed by atoms with E-state index in [2.05, 4.69) is 33.6 Å². The Labute approximate surface area is 211 Å². The van der Waals surface area contributed by atoms with Crippen molar-refractivity contribution < 1.29 is 0 Å². The van der Waals surface area contributed by atoms with Gasteiger partial charge in [-0.25, -0.2) is 4.98 Å². The van der Waals surface area contributed by atoms with Crippen LogP contribution < -0.4 is 0 Å². The number of nitrogens with zero attached hydrogens (tertiary/aromatic N) is 4. The average Bonchev–Trinajstić information content (AvgIpc) is 3.33. The first-order valence-electron chi connectivity index (χ1n) is 14.4. The van der Waals surface area contributed by atoms with Crippen LogP contribution in [0.3, 0.4) is 0 Å². The minimum Gasteiger partial charge on any atom is -0.330 e. The number of aryl methyl sites for hydroxylation is 1. The summed E-state index contributed by atoms with van der Waals surface area (Å²) in [6, 6.07) is 8.28. The molecule has 35 heavy (non-hydrogen) atoms. The fraction of sp³-hybridized carbons (Fsp3) is 0.581. The van der Waals surface area contributed by atoms with Gasteiger partial charge in [0.05, 0.1) is 28.4 Å². The molecule has 188 valence electrons. The van der Waals surface area contributed by atoms with Gasteiger partial charge in [-0.1, -0.05) is 103 Å². The van der Waals surface area contributed by atoms with Crippen molar-refractivity contribution in [1.82, 2.24) is 19.5 Å². The van der Waals surface area contributed by atoms with Crippen molar-refractivity contribution in [2.24, 2.45) is 0 Å². The number of hydrogen-bond donors (Lipinski definition) is 0. The Morgan fingerprint density at radius 2 is 1.03 bits per heavy atom. The molecule has 4 nitrogen and oxygen atoms in total. The van der Waals surface area contributed by atoms with Crippen LogP contribution in [0.4, 0.5) is 0 Å². The zero-order chi connectivity index (χ0) is 24.1. The molecule has 0 N–H and O–H groups in total. The SMILES string of the molecule is CCCCCCCCCCCCCCCCCCn1cnc2c3cccnc3c3ncccc3c21. The van der Waals surface area contributed by atoms with Gasteiger partial charge in [-0.3, -0.25) is 9.97 Å². The number of aromatic nitrogens is 4. The second kappa shape index (κ2) is 14.2. The Hall–Kier alpha value is -2.49. The van der Waals surface area contributed by atoms with Gasteiger partial charge in [-0.05, 0) is 30.7 Å². The number of pyridine rings is 2. The van der Waals surface area contributed by atoms with Crippen molar-refractivity contribution in [1.29, 1.82) is 0 Å². The Balaban J connectivity index is 1.13. The largest absolute Gasteiger partial charge is 0.330 e. The summed E-state index contributed by atoms with van der Waals surface area (Å²) in [5.41, 5.74) is 4.17. The standard InChI is InChI=1S/C31H44N4/c1-2-3-4-5-6-7-8-9-10-11-12-13-14-15-16-17-24-35-25-34-30-26-20-18-22-32-28(26)29-27(31(30)35)21-19-23-33-29/h18-23,25H,2-17,24H2,1H3. The number of fused-ring (bicyclic) bond motifs is 6. The molecule has 0 spiro atoms. The summed E-state index contributed by atoms with van der Waals surface area (Å²) < 4.78 is 2.33. The fourth-order valence-corrected chi connectivity index (χ4v) is 5.43. The maximum atomic E-state index is 4.78. The molecule has 4 heteroatoms. The first-order chi connectivity index (χ1) is 17.4. The van der Waals surface area contributed by atoms with E-state index in [9.17, 15) is 0 Å². The molecule has 3 aromatic heterocycles. The lowest BCUT2D eigenvalue weighted by molar-refractivity contribution is 0.522. The monoisotopic (exact) mass is 472 g/mol. The van der Waals surface area contributed by atoms with Gasteiger partial charge in [0.1, 0.15) is 0 Å². The molecule has 4 rings (SSSR count). The van der Waals surface area contributed by atoms with Gasteiger partial charge in [0.15, 0.2) is 0 Å². The Morgan fingerprint density at radius 3 is 1.60 bits per heavy atom. The van der Waals surface area contributed by atoms with Crippen LogP contribution in [0.25, 0.3) is 32.8 Å². The minimum absolute atomic E-state index is 0.947. The first kappa shape index (κ1) is 25.6. The molecule has 0 radical (unpaired) electrons. The lowest BCUT2D eigenvalue weighted by Gasteiger charge is -2.09. The molecular weight excluding hydrogens is 428 g/mol. The molecule has 0 aliphatic carbocycles. The molecular formula is C31H44N4. The maximum absolute atomic E-state index is 4.78. The van der Waals surface area contributed by atoms with E-state index >= 15 is 0 Å². The molecule has 1 aromatic carbocycles. The molecule has 0 aliphatic rings. The van der Waals surface area contributed by atoms with Gasteiger partial charge in [0.25, 0.3) is 0 Å². The number of hydrogen-bond acceptors (Lipinski definition) is 3. The molecule has 0 saturated heterocycles. The highest BCUT2D eigenvalue weighted by molar-refractivity contribution is 6.20. The average molecular weight is 473 g/mol. The van der Waals surface area contributed by atoms with E-state index < -0.39 is 0 Å². The number of imidazole rings is 1. The Morgan fingerprint density at radius 1 is 0.543 bits per heavy atom. The van der Waals surface area contributed by atoms with Gasteiger partial charge in [0, 0.05) is 29.7 Å². The molecule has 4 aromatic rings. The van der Waals surface area contributed by atoms with Crippen LogP contribution in [-0.2, 0) is 6.54 Å². The zero-order valence-corrected chi connectivity index (χ0v) is 21.9. The van der Waals surface area contributed by atoms with Crippen LogP contribution in [0.15, 0.2) is 43.0 Å². The van der Waals surface area contributed by atoms with Gasteiger partial charge < -0.3 is 4.57 Å². The normalized spacial score (nSPS) is 11.8. The van der Waals surface area contributed by atoms with Crippen LogP contribution in [-0.4, -0.2) is 19.5 Å². The van der Waals surface area contributed by atoms with E-state index in [4.69, 9.17) is 4.98 Å². The van der Waals surface area contributed by atoms with Crippen LogP contribution in [0.2, 0.25) is 0 Å². The summed E-state index contributed by atoms with van der Waals surface area (Å²) in [6.45, 7) is 3.31. The minimum atomic E-state index is 0.947. The molecule has 0 saturated carbocycles. The molecule has 0 unspecified atom stereocenters. The number of unbranched alkanes of at least 4 members (excludes halogenated alkanes) is 15. The Bertz CT molecular complexity index is 1160. The second-order valence-electron chi connectivity index (χ2n) is 10.2. The lowest BCUT2D eigenvalue weighted by Crippen LogP contribution is -1.98. The zero-order valence-electron chi connectivity index (χ0n) is 21.9. The highest BCUT2D eigenvalue weighted by Crippen LogP contribution is 2.32. The summed E-state index contributed by atoms with van der Waals surface area (Å²) in [5.74, 6) is 0. The molecule has 0 fully saturated rings. The van der Waals surface area contributed by atoms with Crippen molar-refractivity contribution in [3.05, 3.63) is 43.0 Å². The summed E-state index contributed by atoms with van der Waals surface area (Å²) in [7, 11) is 0. The van der Waals surface area contributed by atoms with E-state index in [0.717, 1.165) is 33.9 Å². The van der Waals surface area contributed by atoms with E-state index in [0.29, 0.717) is 0 Å². The van der Waals surface area contributed by atoms with Crippen molar-refractivity contribution >= 4 is 32.8 Å². The summed E-state index contributed by atoms with van der Waals surface area (Å²) >= 11 is 0. The van der Waals surface area contributed by atoms with E-state index in [-0.39, 0.29) is 0 Å². The Kier molecular flexibility index (Phi) is 10.4. The highest BCUT2D eigenvalue weighted by atomic mass is 15.0.